The average Bonchev–Trinajstić information content (AvgIpc) is 3.31. The summed E-state index contributed by atoms with van der Waals surface area (Å²) in [5, 5.41) is 8.95. The maximum atomic E-state index is 15.5. The summed E-state index contributed by atoms with van der Waals surface area (Å²) in [6.45, 7) is 2.36. The SMILES string of the molecule is COCCn1c(Cc2ccc(-c3cccnc3OCc3ccc(C#N)cc3F)c(F)c2)nc2ccc(C(C)=O)cc21. The number of benzene rings is 3. The van der Waals surface area contributed by atoms with Crippen LogP contribution in [0.3, 0.4) is 0 Å². The van der Waals surface area contributed by atoms with Crippen molar-refractivity contribution in [1.82, 2.24) is 14.5 Å². The fraction of sp³-hybridized carbons (Fsp3) is 0.188. The van der Waals surface area contributed by atoms with Gasteiger partial charge in [0.25, 0.3) is 0 Å². The molecule has 0 N–H and O–H groups in total. The number of nitriles is 1. The van der Waals surface area contributed by atoms with E-state index in [9.17, 15) is 9.18 Å². The maximum Gasteiger partial charge on any atom is 0.221 e. The molecule has 0 amide bonds. The highest BCUT2D eigenvalue weighted by Crippen LogP contribution is 2.32. The van der Waals surface area contributed by atoms with Crippen LogP contribution in [-0.4, -0.2) is 34.0 Å². The standard InChI is InChI=1S/C32H26F2N4O3/c1-20(39)23-8-10-29-30(17-23)38(12-13-40-2)31(37-29)16-21-6-9-25(28(34)14-21)26-4-3-11-36-32(26)41-19-24-7-5-22(18-35)15-27(24)33/h3-11,14-15,17H,12-13,16,19H2,1-2H3. The van der Waals surface area contributed by atoms with Gasteiger partial charge in [0, 0.05) is 48.5 Å². The number of rotatable bonds is 10. The summed E-state index contributed by atoms with van der Waals surface area (Å²) in [6.07, 6.45) is 1.88. The van der Waals surface area contributed by atoms with Gasteiger partial charge in [-0.25, -0.2) is 18.7 Å². The molecular weight excluding hydrogens is 526 g/mol. The number of Topliss-reactive ketones (excluding diaryl/α,β-unsaturated/α-hetero) is 1. The summed E-state index contributed by atoms with van der Waals surface area (Å²) in [6, 6.07) is 19.7. The van der Waals surface area contributed by atoms with E-state index < -0.39 is 11.6 Å². The van der Waals surface area contributed by atoms with Gasteiger partial charge < -0.3 is 14.0 Å². The van der Waals surface area contributed by atoms with E-state index in [-0.39, 0.29) is 35.0 Å². The van der Waals surface area contributed by atoms with E-state index in [1.54, 1.807) is 31.4 Å². The number of aromatic nitrogens is 3. The predicted octanol–water partition coefficient (Wildman–Crippen LogP) is 6.27. The minimum Gasteiger partial charge on any atom is -0.472 e. The van der Waals surface area contributed by atoms with Gasteiger partial charge in [0.05, 0.1) is 29.3 Å². The number of hydrogen-bond acceptors (Lipinski definition) is 6. The Morgan fingerprint density at radius 1 is 1.02 bits per heavy atom. The van der Waals surface area contributed by atoms with Crippen LogP contribution in [0, 0.1) is 23.0 Å². The lowest BCUT2D eigenvalue weighted by atomic mass is 10.0. The zero-order valence-corrected chi connectivity index (χ0v) is 22.5. The lowest BCUT2D eigenvalue weighted by Gasteiger charge is -2.13. The van der Waals surface area contributed by atoms with Crippen LogP contribution in [0.2, 0.25) is 0 Å². The quantitative estimate of drug-likeness (QED) is 0.190. The first kappa shape index (κ1) is 27.6. The number of ether oxygens (including phenoxy) is 2. The molecule has 0 spiro atoms. The molecule has 9 heteroatoms. The highest BCUT2D eigenvalue weighted by atomic mass is 19.1. The molecule has 206 valence electrons. The molecule has 0 saturated heterocycles. The molecule has 0 atom stereocenters. The number of carbonyl (C=O) groups is 1. The molecule has 0 bridgehead atoms. The van der Waals surface area contributed by atoms with Gasteiger partial charge in [-0.1, -0.05) is 18.2 Å². The van der Waals surface area contributed by atoms with Crippen LogP contribution in [0.25, 0.3) is 22.2 Å². The van der Waals surface area contributed by atoms with Crippen molar-refractivity contribution in [3.63, 3.8) is 0 Å². The van der Waals surface area contributed by atoms with Crippen molar-refractivity contribution >= 4 is 16.8 Å². The first-order valence-electron chi connectivity index (χ1n) is 12.9. The summed E-state index contributed by atoms with van der Waals surface area (Å²) < 4.78 is 42.9. The van der Waals surface area contributed by atoms with Crippen LogP contribution in [0.4, 0.5) is 8.78 Å². The molecule has 3 aromatic carbocycles. The zero-order chi connectivity index (χ0) is 28.9. The molecule has 0 saturated carbocycles. The summed E-state index contributed by atoms with van der Waals surface area (Å²) in [5.74, 6) is -0.189. The minimum atomic E-state index is -0.564. The van der Waals surface area contributed by atoms with Crippen LogP contribution in [0.1, 0.15) is 39.8 Å². The Morgan fingerprint density at radius 2 is 1.88 bits per heavy atom. The predicted molar refractivity (Wildman–Crippen MR) is 149 cm³/mol. The van der Waals surface area contributed by atoms with E-state index in [4.69, 9.17) is 19.7 Å². The second-order valence-electron chi connectivity index (χ2n) is 9.49. The number of carbonyl (C=O) groups excluding carboxylic acids is 1. The highest BCUT2D eigenvalue weighted by molar-refractivity contribution is 5.97. The van der Waals surface area contributed by atoms with Gasteiger partial charge in [-0.3, -0.25) is 4.79 Å². The Bertz CT molecular complexity index is 1790. The molecule has 0 aliphatic carbocycles. The number of imidazole rings is 1. The number of pyridine rings is 1. The first-order valence-corrected chi connectivity index (χ1v) is 12.9. The summed E-state index contributed by atoms with van der Waals surface area (Å²) >= 11 is 0. The molecule has 0 aliphatic rings. The maximum absolute atomic E-state index is 15.5. The van der Waals surface area contributed by atoms with Gasteiger partial charge in [-0.05, 0) is 61.0 Å². The number of fused-ring (bicyclic) bond motifs is 1. The van der Waals surface area contributed by atoms with Crippen LogP contribution in [0.15, 0.2) is 72.9 Å². The lowest BCUT2D eigenvalue weighted by Crippen LogP contribution is -2.09. The van der Waals surface area contributed by atoms with Gasteiger partial charge >= 0.3 is 0 Å². The Labute approximate surface area is 235 Å². The second kappa shape index (κ2) is 12.1. The average molecular weight is 553 g/mol. The fourth-order valence-electron chi connectivity index (χ4n) is 4.62. The summed E-state index contributed by atoms with van der Waals surface area (Å²) in [5.41, 5.74) is 4.04. The van der Waals surface area contributed by atoms with Crippen LogP contribution in [-0.2, 0) is 24.3 Å². The number of halogens is 2. The zero-order valence-electron chi connectivity index (χ0n) is 22.5. The molecule has 0 radical (unpaired) electrons. The molecule has 5 rings (SSSR count). The van der Waals surface area contributed by atoms with E-state index in [1.165, 1.54) is 31.3 Å². The molecule has 5 aromatic rings. The van der Waals surface area contributed by atoms with E-state index in [2.05, 4.69) is 4.98 Å². The number of methoxy groups -OCH3 is 1. The smallest absolute Gasteiger partial charge is 0.221 e. The molecule has 0 aliphatic heterocycles. The molecule has 0 fully saturated rings. The van der Waals surface area contributed by atoms with Gasteiger partial charge in [0.1, 0.15) is 24.1 Å². The largest absolute Gasteiger partial charge is 0.472 e. The number of nitrogens with zero attached hydrogens (tertiary/aromatic N) is 4. The van der Waals surface area contributed by atoms with Gasteiger partial charge in [-0.15, -0.1) is 0 Å². The lowest BCUT2D eigenvalue weighted by molar-refractivity contribution is 0.101. The van der Waals surface area contributed by atoms with Crippen molar-refractivity contribution in [2.24, 2.45) is 0 Å². The van der Waals surface area contributed by atoms with Crippen molar-refractivity contribution in [3.05, 3.63) is 113 Å². The van der Waals surface area contributed by atoms with Crippen LogP contribution in [0.5, 0.6) is 5.88 Å². The second-order valence-corrected chi connectivity index (χ2v) is 9.49. The summed E-state index contributed by atoms with van der Waals surface area (Å²) in [4.78, 5) is 20.9. The van der Waals surface area contributed by atoms with Crippen LogP contribution < -0.4 is 4.74 Å². The third kappa shape index (κ3) is 5.98. The molecule has 2 heterocycles. The molecule has 0 unspecified atom stereocenters. The van der Waals surface area contributed by atoms with E-state index in [0.717, 1.165) is 22.9 Å². The number of ketones is 1. The van der Waals surface area contributed by atoms with E-state index in [0.29, 0.717) is 36.3 Å². The third-order valence-corrected chi connectivity index (χ3v) is 6.76. The van der Waals surface area contributed by atoms with Crippen molar-refractivity contribution in [2.75, 3.05) is 13.7 Å². The fourth-order valence-corrected chi connectivity index (χ4v) is 4.62. The topological polar surface area (TPSA) is 90.0 Å². The third-order valence-electron chi connectivity index (χ3n) is 6.76. The van der Waals surface area contributed by atoms with E-state index in [1.807, 2.05) is 28.8 Å². The molecule has 2 aromatic heterocycles. The molecular formula is C32H26F2N4O3. The van der Waals surface area contributed by atoms with Gasteiger partial charge in [-0.2, -0.15) is 5.26 Å². The van der Waals surface area contributed by atoms with Crippen molar-refractivity contribution in [1.29, 1.82) is 5.26 Å². The van der Waals surface area contributed by atoms with Crippen molar-refractivity contribution in [2.45, 2.75) is 26.5 Å². The minimum absolute atomic E-state index is 0.0357. The molecule has 41 heavy (non-hydrogen) atoms. The normalized spacial score (nSPS) is 11.0. The Hall–Kier alpha value is -4.94. The monoisotopic (exact) mass is 552 g/mol. The van der Waals surface area contributed by atoms with Crippen molar-refractivity contribution in [3.8, 4) is 23.1 Å². The highest BCUT2D eigenvalue weighted by Gasteiger charge is 2.17. The van der Waals surface area contributed by atoms with Gasteiger partial charge in [0.2, 0.25) is 5.88 Å². The molecule has 7 nitrogen and oxygen atoms in total. The van der Waals surface area contributed by atoms with Gasteiger partial charge in [0.15, 0.2) is 5.78 Å². The first-order chi connectivity index (χ1) is 19.9. The Balaban J connectivity index is 1.41. The summed E-state index contributed by atoms with van der Waals surface area (Å²) in [7, 11) is 1.62. The Kier molecular flexibility index (Phi) is 8.13. The Morgan fingerprint density at radius 3 is 2.61 bits per heavy atom. The number of hydrogen-bond donors (Lipinski definition) is 0. The van der Waals surface area contributed by atoms with Crippen molar-refractivity contribution < 1.29 is 23.0 Å². The van der Waals surface area contributed by atoms with Crippen LogP contribution >= 0.6 is 0 Å². The van der Waals surface area contributed by atoms with E-state index >= 15 is 4.39 Å².